The molecule has 1 aromatic rings. The molecule has 0 aromatic heterocycles. The first kappa shape index (κ1) is 21.6. The number of allylic oxidation sites excluding steroid dienone is 2. The fraction of sp³-hybridized carbons (Fsp3) is 0.381. The van der Waals surface area contributed by atoms with Gasteiger partial charge in [0, 0.05) is 31.4 Å². The van der Waals surface area contributed by atoms with Crippen molar-refractivity contribution < 1.29 is 18.3 Å². The average Bonchev–Trinajstić information content (AvgIpc) is 2.60. The van der Waals surface area contributed by atoms with Crippen molar-refractivity contribution in [3.63, 3.8) is 0 Å². The maximum absolute atomic E-state index is 13.5. The van der Waals surface area contributed by atoms with Crippen LogP contribution in [-0.4, -0.2) is 30.9 Å². The molecule has 0 aliphatic rings. The molecule has 0 radical (unpaired) electrons. The third-order valence-corrected chi connectivity index (χ3v) is 4.06. The molecule has 142 valence electrons. The number of rotatable bonds is 8. The van der Waals surface area contributed by atoms with Gasteiger partial charge in [-0.25, -0.2) is 13.6 Å². The minimum absolute atomic E-state index is 0.0301. The molecule has 0 saturated heterocycles. The van der Waals surface area contributed by atoms with Crippen LogP contribution < -0.4 is 0 Å². The molecule has 0 aliphatic carbocycles. The Morgan fingerprint density at radius 2 is 2.04 bits per heavy atom. The van der Waals surface area contributed by atoms with E-state index in [1.165, 1.54) is 20.2 Å². The largest absolute Gasteiger partial charge is 0.465 e. The van der Waals surface area contributed by atoms with Crippen molar-refractivity contribution in [1.29, 1.82) is 0 Å². The molecule has 0 spiro atoms. The number of unbranched alkanes of at least 4 members (excludes halogenated alkanes) is 1. The van der Waals surface area contributed by atoms with Gasteiger partial charge in [-0.3, -0.25) is 0 Å². The molecular formula is C21H27F2NO2. The van der Waals surface area contributed by atoms with E-state index in [0.29, 0.717) is 11.1 Å². The first-order valence-corrected chi connectivity index (χ1v) is 8.50. The number of hydrogen-bond donors (Lipinski definition) is 0. The van der Waals surface area contributed by atoms with E-state index in [0.717, 1.165) is 31.0 Å². The van der Waals surface area contributed by atoms with Gasteiger partial charge in [0.15, 0.2) is 0 Å². The Kier molecular flexibility index (Phi) is 7.75. The number of ether oxygens (including phenoxy) is 1. The predicted molar refractivity (Wildman–Crippen MR) is 103 cm³/mol. The maximum atomic E-state index is 13.5. The molecule has 0 atom stereocenters. The molecule has 1 aromatic carbocycles. The lowest BCUT2D eigenvalue weighted by Gasteiger charge is -2.23. The molecular weight excluding hydrogens is 336 g/mol. The average molecular weight is 363 g/mol. The van der Waals surface area contributed by atoms with Gasteiger partial charge in [0.1, 0.15) is 0 Å². The molecule has 0 aliphatic heterocycles. The van der Waals surface area contributed by atoms with Gasteiger partial charge in [0.2, 0.25) is 0 Å². The molecule has 0 amide bonds. The summed E-state index contributed by atoms with van der Waals surface area (Å²) in [6.45, 7) is 8.08. The van der Waals surface area contributed by atoms with Crippen molar-refractivity contribution in [2.45, 2.75) is 39.5 Å². The lowest BCUT2D eigenvalue weighted by molar-refractivity contribution is 0.0598. The van der Waals surface area contributed by atoms with Gasteiger partial charge in [-0.2, -0.15) is 0 Å². The normalized spacial score (nSPS) is 12.7. The number of methoxy groups -OCH3 is 1. The highest BCUT2D eigenvalue weighted by Gasteiger charge is 2.24. The fourth-order valence-electron chi connectivity index (χ4n) is 2.41. The number of esters is 1. The van der Waals surface area contributed by atoms with E-state index in [4.69, 9.17) is 4.74 Å². The van der Waals surface area contributed by atoms with Crippen LogP contribution in [0, 0.1) is 0 Å². The summed E-state index contributed by atoms with van der Waals surface area (Å²) in [6, 6.07) is 5.26. The summed E-state index contributed by atoms with van der Waals surface area (Å²) in [5.74, 6) is -3.33. The highest BCUT2D eigenvalue weighted by Crippen LogP contribution is 2.27. The molecule has 0 unspecified atom stereocenters. The maximum Gasteiger partial charge on any atom is 0.338 e. The molecule has 5 heteroatoms. The second kappa shape index (κ2) is 9.32. The van der Waals surface area contributed by atoms with Gasteiger partial charge in [-0.15, -0.1) is 0 Å². The molecule has 0 fully saturated rings. The quantitative estimate of drug-likeness (QED) is 0.551. The van der Waals surface area contributed by atoms with Gasteiger partial charge in [-0.05, 0) is 36.6 Å². The Balaban J connectivity index is 3.38. The number of carbonyl (C=O) groups is 1. The zero-order chi connectivity index (χ0) is 19.9. The second-order valence-electron chi connectivity index (χ2n) is 6.19. The fourth-order valence-corrected chi connectivity index (χ4v) is 2.41. The van der Waals surface area contributed by atoms with Crippen molar-refractivity contribution in [2.75, 3.05) is 14.2 Å². The van der Waals surface area contributed by atoms with Crippen LogP contribution >= 0.6 is 0 Å². The van der Waals surface area contributed by atoms with E-state index < -0.39 is 11.9 Å². The third kappa shape index (κ3) is 5.55. The summed E-state index contributed by atoms with van der Waals surface area (Å²) in [5.41, 5.74) is 2.61. The van der Waals surface area contributed by atoms with E-state index in [2.05, 4.69) is 6.58 Å². The van der Waals surface area contributed by atoms with Crippen LogP contribution in [0.2, 0.25) is 0 Å². The molecule has 1 rings (SSSR count). The van der Waals surface area contributed by atoms with Crippen molar-refractivity contribution >= 4 is 17.7 Å². The Morgan fingerprint density at radius 3 is 2.54 bits per heavy atom. The Hall–Kier alpha value is -2.43. The van der Waals surface area contributed by atoms with Gasteiger partial charge in [0.05, 0.1) is 12.7 Å². The molecule has 0 N–H and O–H groups in total. The summed E-state index contributed by atoms with van der Waals surface area (Å²) >= 11 is 0. The number of nitrogens with zero attached hydrogens (tertiary/aromatic N) is 1. The third-order valence-electron chi connectivity index (χ3n) is 4.06. The Bertz CT molecular complexity index is 715. The second-order valence-corrected chi connectivity index (χ2v) is 6.19. The minimum Gasteiger partial charge on any atom is -0.465 e. The highest BCUT2D eigenvalue weighted by atomic mass is 19.3. The van der Waals surface area contributed by atoms with Crippen molar-refractivity contribution in [3.8, 4) is 0 Å². The predicted octanol–water partition coefficient (Wildman–Crippen LogP) is 5.75. The number of hydrogen-bond acceptors (Lipinski definition) is 3. The molecule has 0 saturated carbocycles. The SMILES string of the molecule is C=Cc1cc(C(=CCCC)N(C)/C=C(\C)C(C)(F)F)ccc1C(=O)OC. The summed E-state index contributed by atoms with van der Waals surface area (Å²) < 4.78 is 31.8. The smallest absolute Gasteiger partial charge is 0.338 e. The van der Waals surface area contributed by atoms with Crippen molar-refractivity contribution in [3.05, 3.63) is 59.3 Å². The number of carbonyl (C=O) groups excluding carboxylic acids is 1. The Labute approximate surface area is 154 Å². The van der Waals surface area contributed by atoms with Gasteiger partial charge in [-0.1, -0.05) is 38.1 Å². The van der Waals surface area contributed by atoms with Crippen LogP contribution in [0.15, 0.2) is 42.6 Å². The van der Waals surface area contributed by atoms with Crippen LogP contribution in [0.1, 0.15) is 55.1 Å². The minimum atomic E-state index is -2.88. The van der Waals surface area contributed by atoms with Gasteiger partial charge >= 0.3 is 5.97 Å². The van der Waals surface area contributed by atoms with E-state index in [1.54, 1.807) is 30.2 Å². The first-order valence-electron chi connectivity index (χ1n) is 8.50. The molecule has 3 nitrogen and oxygen atoms in total. The number of alkyl halides is 2. The van der Waals surface area contributed by atoms with Crippen molar-refractivity contribution in [1.82, 2.24) is 4.90 Å². The van der Waals surface area contributed by atoms with Crippen molar-refractivity contribution in [2.24, 2.45) is 0 Å². The van der Waals surface area contributed by atoms with E-state index in [9.17, 15) is 13.6 Å². The summed E-state index contributed by atoms with van der Waals surface area (Å²) in [7, 11) is 3.06. The van der Waals surface area contributed by atoms with E-state index in [-0.39, 0.29) is 5.57 Å². The standard InChI is InChI=1S/C21H27F2NO2/c1-7-9-10-19(24(5)14-15(3)21(4,22)23)17-11-12-18(20(25)26-6)16(8-2)13-17/h8,10-14H,2,7,9H2,1,3-6H3/b15-14+,19-10?. The zero-order valence-electron chi connectivity index (χ0n) is 16.1. The van der Waals surface area contributed by atoms with Crippen LogP contribution in [-0.2, 0) is 4.74 Å². The highest BCUT2D eigenvalue weighted by molar-refractivity contribution is 5.94. The molecule has 0 bridgehead atoms. The van der Waals surface area contributed by atoms with Crippen LogP contribution in [0.5, 0.6) is 0 Å². The zero-order valence-corrected chi connectivity index (χ0v) is 16.1. The monoisotopic (exact) mass is 363 g/mol. The van der Waals surface area contributed by atoms with Gasteiger partial charge < -0.3 is 9.64 Å². The Morgan fingerprint density at radius 1 is 1.38 bits per heavy atom. The lowest BCUT2D eigenvalue weighted by atomic mass is 10.0. The van der Waals surface area contributed by atoms with Crippen LogP contribution in [0.3, 0.4) is 0 Å². The van der Waals surface area contributed by atoms with E-state index >= 15 is 0 Å². The lowest BCUT2D eigenvalue weighted by Crippen LogP contribution is -2.17. The van der Waals surface area contributed by atoms with Crippen LogP contribution in [0.25, 0.3) is 11.8 Å². The topological polar surface area (TPSA) is 29.5 Å². The first-order chi connectivity index (χ1) is 12.1. The molecule has 0 heterocycles. The summed E-state index contributed by atoms with van der Waals surface area (Å²) in [6.07, 6.45) is 6.74. The summed E-state index contributed by atoms with van der Waals surface area (Å²) in [4.78, 5) is 13.5. The van der Waals surface area contributed by atoms with Crippen LogP contribution in [0.4, 0.5) is 8.78 Å². The number of benzene rings is 1. The summed E-state index contributed by atoms with van der Waals surface area (Å²) in [5, 5.41) is 0. The van der Waals surface area contributed by atoms with Gasteiger partial charge in [0.25, 0.3) is 5.92 Å². The number of halogens is 2. The molecule has 26 heavy (non-hydrogen) atoms. The van der Waals surface area contributed by atoms with E-state index in [1.807, 2.05) is 19.1 Å².